The van der Waals surface area contributed by atoms with Gasteiger partial charge in [0, 0.05) is 6.04 Å². The zero-order chi connectivity index (χ0) is 11.3. The predicted molar refractivity (Wildman–Crippen MR) is 60.3 cm³/mol. The molecule has 1 aromatic rings. The quantitative estimate of drug-likeness (QED) is 0.609. The molecule has 4 N–H and O–H groups in total. The lowest BCUT2D eigenvalue weighted by molar-refractivity contribution is 0.364. The lowest BCUT2D eigenvalue weighted by Crippen LogP contribution is -2.29. The van der Waals surface area contributed by atoms with Crippen molar-refractivity contribution in [3.8, 4) is 0 Å². The predicted octanol–water partition coefficient (Wildman–Crippen LogP) is -0.183. The van der Waals surface area contributed by atoms with Crippen LogP contribution < -0.4 is 11.1 Å². The minimum Gasteiger partial charge on any atom is -0.367 e. The van der Waals surface area contributed by atoms with Crippen molar-refractivity contribution >= 4 is 5.95 Å². The first-order valence-electron chi connectivity index (χ1n) is 5.13. The number of nitrogen functional groups attached to an aromatic ring is 1. The molecule has 1 unspecified atom stereocenters. The van der Waals surface area contributed by atoms with Crippen LogP contribution in [0.1, 0.15) is 19.2 Å². The van der Waals surface area contributed by atoms with Crippen molar-refractivity contribution in [2.24, 2.45) is 0 Å². The van der Waals surface area contributed by atoms with Crippen molar-refractivity contribution in [3.63, 3.8) is 0 Å². The number of hydrogen-bond donors (Lipinski definition) is 3. The first-order chi connectivity index (χ1) is 7.08. The highest BCUT2D eigenvalue weighted by Gasteiger charge is 2.04. The smallest absolute Gasteiger partial charge is 0.239 e. The molecule has 0 amide bonds. The van der Waals surface area contributed by atoms with Crippen LogP contribution in [0.25, 0.3) is 0 Å². The standard InChI is InChI=1S/C9H20N6/c1-7(4-5-15(2)3)11-6-8-12-9(10)14-13-8/h7,11H,4-6H2,1-3H3,(H3,10,12,13,14). The molecule has 0 aliphatic carbocycles. The van der Waals surface area contributed by atoms with Crippen LogP contribution in [0.15, 0.2) is 0 Å². The molecule has 0 radical (unpaired) electrons. The molecule has 0 saturated carbocycles. The Morgan fingerprint density at radius 3 is 2.80 bits per heavy atom. The molecule has 15 heavy (non-hydrogen) atoms. The summed E-state index contributed by atoms with van der Waals surface area (Å²) in [7, 11) is 4.15. The number of rotatable bonds is 6. The van der Waals surface area contributed by atoms with Crippen LogP contribution in [-0.2, 0) is 6.54 Å². The zero-order valence-electron chi connectivity index (χ0n) is 9.62. The monoisotopic (exact) mass is 212 g/mol. The molecule has 1 heterocycles. The van der Waals surface area contributed by atoms with Gasteiger partial charge in [-0.25, -0.2) is 0 Å². The first-order valence-corrected chi connectivity index (χ1v) is 5.13. The molecule has 0 fully saturated rings. The summed E-state index contributed by atoms with van der Waals surface area (Å²) in [6.45, 7) is 3.91. The number of hydrogen-bond acceptors (Lipinski definition) is 5. The largest absolute Gasteiger partial charge is 0.367 e. The summed E-state index contributed by atoms with van der Waals surface area (Å²) < 4.78 is 0. The molecule has 6 heteroatoms. The number of nitrogens with two attached hydrogens (primary N) is 1. The minimum absolute atomic E-state index is 0.299. The fourth-order valence-electron chi connectivity index (χ4n) is 1.21. The second kappa shape index (κ2) is 5.67. The molecule has 0 aliphatic heterocycles. The van der Waals surface area contributed by atoms with Gasteiger partial charge in [0.25, 0.3) is 0 Å². The molecular formula is C9H20N6. The molecule has 0 spiro atoms. The maximum absolute atomic E-state index is 5.40. The van der Waals surface area contributed by atoms with Crippen LogP contribution in [-0.4, -0.2) is 46.8 Å². The van der Waals surface area contributed by atoms with Crippen molar-refractivity contribution < 1.29 is 0 Å². The maximum atomic E-state index is 5.40. The van der Waals surface area contributed by atoms with E-state index < -0.39 is 0 Å². The van der Waals surface area contributed by atoms with Gasteiger partial charge in [0.1, 0.15) is 5.82 Å². The second-order valence-electron chi connectivity index (χ2n) is 4.01. The Bertz CT molecular complexity index is 282. The Hall–Kier alpha value is -1.14. The molecular weight excluding hydrogens is 192 g/mol. The number of nitrogens with zero attached hydrogens (tertiary/aromatic N) is 3. The van der Waals surface area contributed by atoms with Gasteiger partial charge in [-0.05, 0) is 34.0 Å². The van der Waals surface area contributed by atoms with Crippen molar-refractivity contribution in [1.29, 1.82) is 0 Å². The van der Waals surface area contributed by atoms with Crippen molar-refractivity contribution in [3.05, 3.63) is 5.82 Å². The van der Waals surface area contributed by atoms with Gasteiger partial charge in [0.15, 0.2) is 0 Å². The SMILES string of the molecule is CC(CCN(C)C)NCc1nc(N)n[nH]1. The van der Waals surface area contributed by atoms with Crippen LogP contribution in [0, 0.1) is 0 Å². The average Bonchev–Trinajstić information content (AvgIpc) is 2.58. The Labute approximate surface area is 90.3 Å². The summed E-state index contributed by atoms with van der Waals surface area (Å²) in [6, 6.07) is 0.457. The number of H-pyrrole nitrogens is 1. The summed E-state index contributed by atoms with van der Waals surface area (Å²) in [4.78, 5) is 6.19. The van der Waals surface area contributed by atoms with E-state index in [1.807, 2.05) is 0 Å². The van der Waals surface area contributed by atoms with Gasteiger partial charge in [0.05, 0.1) is 6.54 Å². The Morgan fingerprint density at radius 2 is 2.27 bits per heavy atom. The van der Waals surface area contributed by atoms with E-state index in [9.17, 15) is 0 Å². The highest BCUT2D eigenvalue weighted by Crippen LogP contribution is 1.96. The number of aromatic nitrogens is 3. The maximum Gasteiger partial charge on any atom is 0.239 e. The lowest BCUT2D eigenvalue weighted by atomic mass is 10.2. The fourth-order valence-corrected chi connectivity index (χ4v) is 1.21. The van der Waals surface area contributed by atoms with Crippen LogP contribution in [0.2, 0.25) is 0 Å². The topological polar surface area (TPSA) is 82.9 Å². The lowest BCUT2D eigenvalue weighted by Gasteiger charge is -2.15. The minimum atomic E-state index is 0.299. The molecule has 1 rings (SSSR count). The van der Waals surface area contributed by atoms with E-state index in [-0.39, 0.29) is 0 Å². The molecule has 1 atom stereocenters. The van der Waals surface area contributed by atoms with Crippen LogP contribution in [0.3, 0.4) is 0 Å². The number of anilines is 1. The van der Waals surface area contributed by atoms with E-state index in [4.69, 9.17) is 5.73 Å². The van der Waals surface area contributed by atoms with Crippen LogP contribution in [0.5, 0.6) is 0 Å². The van der Waals surface area contributed by atoms with Gasteiger partial charge < -0.3 is 16.0 Å². The first kappa shape index (κ1) is 11.9. The Kier molecular flexibility index (Phi) is 4.51. The molecule has 0 saturated heterocycles. The van der Waals surface area contributed by atoms with Crippen LogP contribution >= 0.6 is 0 Å². The third-order valence-corrected chi connectivity index (χ3v) is 2.18. The number of aromatic amines is 1. The third kappa shape index (κ3) is 4.75. The van der Waals surface area contributed by atoms with Crippen molar-refractivity contribution in [2.45, 2.75) is 25.9 Å². The second-order valence-corrected chi connectivity index (χ2v) is 4.01. The fraction of sp³-hybridized carbons (Fsp3) is 0.778. The van der Waals surface area contributed by atoms with Crippen molar-refractivity contribution in [1.82, 2.24) is 25.4 Å². The summed E-state index contributed by atoms with van der Waals surface area (Å²) in [5.74, 6) is 1.08. The van der Waals surface area contributed by atoms with Gasteiger partial charge in [-0.3, -0.25) is 5.10 Å². The molecule has 0 aromatic carbocycles. The van der Waals surface area contributed by atoms with Gasteiger partial charge in [-0.2, -0.15) is 4.98 Å². The molecule has 86 valence electrons. The van der Waals surface area contributed by atoms with E-state index >= 15 is 0 Å². The summed E-state index contributed by atoms with van der Waals surface area (Å²) in [6.07, 6.45) is 1.11. The Balaban J connectivity index is 2.19. The van der Waals surface area contributed by atoms with Crippen molar-refractivity contribution in [2.75, 3.05) is 26.4 Å². The summed E-state index contributed by atoms with van der Waals surface area (Å²) >= 11 is 0. The zero-order valence-corrected chi connectivity index (χ0v) is 9.62. The third-order valence-electron chi connectivity index (χ3n) is 2.18. The summed E-state index contributed by atoms with van der Waals surface area (Å²) in [5, 5.41) is 9.88. The highest BCUT2D eigenvalue weighted by atomic mass is 15.3. The summed E-state index contributed by atoms with van der Waals surface area (Å²) in [5.41, 5.74) is 5.40. The van der Waals surface area contributed by atoms with Gasteiger partial charge in [-0.1, -0.05) is 0 Å². The van der Waals surface area contributed by atoms with E-state index in [0.717, 1.165) is 18.8 Å². The van der Waals surface area contributed by atoms with E-state index in [1.54, 1.807) is 0 Å². The molecule has 0 bridgehead atoms. The molecule has 6 nitrogen and oxygen atoms in total. The van der Waals surface area contributed by atoms with E-state index in [0.29, 0.717) is 18.5 Å². The highest BCUT2D eigenvalue weighted by molar-refractivity contribution is 5.12. The Morgan fingerprint density at radius 1 is 1.53 bits per heavy atom. The normalized spacial score (nSPS) is 13.3. The van der Waals surface area contributed by atoms with E-state index in [2.05, 4.69) is 46.4 Å². The van der Waals surface area contributed by atoms with Gasteiger partial charge in [0.2, 0.25) is 5.95 Å². The van der Waals surface area contributed by atoms with E-state index in [1.165, 1.54) is 0 Å². The van der Waals surface area contributed by atoms with Crippen LogP contribution in [0.4, 0.5) is 5.95 Å². The molecule has 0 aliphatic rings. The average molecular weight is 212 g/mol. The van der Waals surface area contributed by atoms with Gasteiger partial charge >= 0.3 is 0 Å². The van der Waals surface area contributed by atoms with Gasteiger partial charge in [-0.15, -0.1) is 5.10 Å². The molecule has 1 aromatic heterocycles. The number of nitrogens with one attached hydrogen (secondary N) is 2.